The lowest BCUT2D eigenvalue weighted by Crippen LogP contribution is -2.52. The molecular weight excluding hydrogens is 530 g/mol. The van der Waals surface area contributed by atoms with Gasteiger partial charge in [0.2, 0.25) is 0 Å². The van der Waals surface area contributed by atoms with Gasteiger partial charge in [0, 0.05) is 31.5 Å². The van der Waals surface area contributed by atoms with Gasteiger partial charge < -0.3 is 4.74 Å². The van der Waals surface area contributed by atoms with Gasteiger partial charge in [-0.25, -0.2) is 0 Å². The molecule has 1 unspecified atom stereocenters. The second-order valence-electron chi connectivity index (χ2n) is 10.1. The Morgan fingerprint density at radius 1 is 0.927 bits per heavy atom. The summed E-state index contributed by atoms with van der Waals surface area (Å²) in [4.78, 5) is 26.8. The van der Waals surface area contributed by atoms with Gasteiger partial charge in [0.1, 0.15) is 6.54 Å². The molecule has 1 saturated heterocycles. The Balaban J connectivity index is 1.60. The molecule has 6 nitrogen and oxygen atoms in total. The topological polar surface area (TPSA) is 64.4 Å². The van der Waals surface area contributed by atoms with Crippen molar-refractivity contribution in [2.45, 2.75) is 37.6 Å². The number of aromatic nitrogens is 2. The molecule has 1 aliphatic heterocycles. The molecule has 0 aliphatic carbocycles. The van der Waals surface area contributed by atoms with Gasteiger partial charge >= 0.3 is 5.97 Å². The molecule has 3 aromatic carbocycles. The number of nitrogens with zero attached hydrogens (tertiary/aromatic N) is 3. The van der Waals surface area contributed by atoms with Crippen molar-refractivity contribution in [3.05, 3.63) is 131 Å². The Morgan fingerprint density at radius 3 is 2.00 bits per heavy atom. The van der Waals surface area contributed by atoms with Crippen molar-refractivity contribution in [3.63, 3.8) is 0 Å². The third-order valence-corrected chi connectivity index (χ3v) is 8.55. The molecule has 5 rings (SSSR count). The summed E-state index contributed by atoms with van der Waals surface area (Å²) in [6, 6.07) is 33.9. The number of piperidine rings is 1. The average Bonchev–Trinajstić information content (AvgIpc) is 3.42. The normalized spacial score (nSPS) is 16.9. The fourth-order valence-electron chi connectivity index (χ4n) is 5.78. The van der Waals surface area contributed by atoms with E-state index in [1.54, 1.807) is 24.7 Å². The second-order valence-corrected chi connectivity index (χ2v) is 11.5. The quantitative estimate of drug-likeness (QED) is 0.179. The largest absolute Gasteiger partial charge is 0.465 e. The number of thioether (sulfide) groups is 1. The zero-order valence-electron chi connectivity index (χ0n) is 23.5. The summed E-state index contributed by atoms with van der Waals surface area (Å²) in [5.41, 5.74) is 4.90. The van der Waals surface area contributed by atoms with Gasteiger partial charge in [0.15, 0.2) is 5.12 Å². The van der Waals surface area contributed by atoms with Crippen LogP contribution < -0.4 is 0 Å². The summed E-state index contributed by atoms with van der Waals surface area (Å²) >= 11 is 1.38. The van der Waals surface area contributed by atoms with Gasteiger partial charge in [-0.2, -0.15) is 5.10 Å². The minimum Gasteiger partial charge on any atom is -0.465 e. The van der Waals surface area contributed by atoms with Crippen LogP contribution in [0.5, 0.6) is 0 Å². The maximum absolute atomic E-state index is 12.3. The maximum atomic E-state index is 12.3. The summed E-state index contributed by atoms with van der Waals surface area (Å²) in [7, 11) is 0. The lowest BCUT2D eigenvalue weighted by Gasteiger charge is -2.49. The van der Waals surface area contributed by atoms with Gasteiger partial charge in [-0.3, -0.25) is 19.2 Å². The van der Waals surface area contributed by atoms with E-state index >= 15 is 0 Å². The van der Waals surface area contributed by atoms with E-state index in [2.05, 4.69) is 107 Å². The molecule has 0 saturated carbocycles. The minimum absolute atomic E-state index is 0.0407. The number of esters is 1. The SMILES string of the molecule is CCOC(=O)Cn1ccc(C=C2CN(C(c3ccccc3)(c3ccccc3)c3ccccc3)CCC2SC(C)=O)n1. The molecule has 0 N–H and O–H groups in total. The van der Waals surface area contributed by atoms with Gasteiger partial charge in [-0.05, 0) is 47.8 Å². The molecular formula is C34H35N3O3S. The molecule has 1 aliphatic rings. The molecule has 0 amide bonds. The first kappa shape index (κ1) is 28.6. The summed E-state index contributed by atoms with van der Waals surface area (Å²) in [6.45, 7) is 5.27. The Morgan fingerprint density at radius 2 is 1.49 bits per heavy atom. The smallest absolute Gasteiger partial charge is 0.327 e. The lowest BCUT2D eigenvalue weighted by molar-refractivity contribution is -0.144. The highest BCUT2D eigenvalue weighted by atomic mass is 32.2. The van der Waals surface area contributed by atoms with Gasteiger partial charge in [-0.15, -0.1) is 0 Å². The van der Waals surface area contributed by atoms with Crippen LogP contribution >= 0.6 is 11.8 Å². The first-order valence-electron chi connectivity index (χ1n) is 14.0. The number of likely N-dealkylation sites (tertiary alicyclic amines) is 1. The van der Waals surface area contributed by atoms with Crippen LogP contribution in [0.3, 0.4) is 0 Å². The second kappa shape index (κ2) is 13.1. The summed E-state index contributed by atoms with van der Waals surface area (Å²) in [5, 5.41) is 4.77. The van der Waals surface area contributed by atoms with Crippen LogP contribution in [0.1, 0.15) is 42.7 Å². The number of carbonyl (C=O) groups is 2. The Bertz CT molecular complexity index is 1390. The third-order valence-electron chi connectivity index (χ3n) is 7.40. The van der Waals surface area contributed by atoms with Crippen LogP contribution in [0.25, 0.3) is 6.08 Å². The molecule has 1 fully saturated rings. The standard InChI is InChI=1S/C34H35N3O3S/c1-3-40-33(39)25-37-22-19-31(35-37)23-27-24-36(21-20-32(27)41-26(2)38)34(28-13-7-4-8-14-28,29-15-9-5-10-16-29)30-17-11-6-12-18-30/h4-19,22-23,32H,3,20-21,24-25H2,1-2H3. The van der Waals surface area contributed by atoms with E-state index < -0.39 is 5.54 Å². The molecule has 1 aromatic heterocycles. The number of benzene rings is 3. The first-order valence-corrected chi connectivity index (χ1v) is 14.9. The maximum Gasteiger partial charge on any atom is 0.327 e. The van der Waals surface area contributed by atoms with E-state index in [0.29, 0.717) is 13.2 Å². The van der Waals surface area contributed by atoms with E-state index in [0.717, 1.165) is 24.2 Å². The fourth-order valence-corrected chi connectivity index (χ4v) is 6.69. The number of ether oxygens (including phenoxy) is 1. The molecule has 0 spiro atoms. The van der Waals surface area contributed by atoms with Crippen molar-refractivity contribution in [2.75, 3.05) is 19.7 Å². The van der Waals surface area contributed by atoms with Crippen LogP contribution in [-0.4, -0.2) is 50.7 Å². The van der Waals surface area contributed by atoms with Crippen molar-refractivity contribution in [3.8, 4) is 0 Å². The van der Waals surface area contributed by atoms with Crippen molar-refractivity contribution in [1.29, 1.82) is 0 Å². The number of rotatable bonds is 9. The number of hydrogen-bond donors (Lipinski definition) is 0. The summed E-state index contributed by atoms with van der Waals surface area (Å²) < 4.78 is 6.68. The summed E-state index contributed by atoms with van der Waals surface area (Å²) in [5.74, 6) is -0.318. The fraction of sp³-hybridized carbons (Fsp3) is 0.265. The zero-order chi connectivity index (χ0) is 28.7. The van der Waals surface area contributed by atoms with Crippen LogP contribution in [0.15, 0.2) is 109 Å². The van der Waals surface area contributed by atoms with Gasteiger partial charge in [0.25, 0.3) is 0 Å². The van der Waals surface area contributed by atoms with Crippen LogP contribution in [-0.2, 0) is 26.4 Å². The first-order chi connectivity index (χ1) is 20.0. The van der Waals surface area contributed by atoms with E-state index in [9.17, 15) is 9.59 Å². The van der Waals surface area contributed by atoms with Crippen molar-refractivity contribution in [1.82, 2.24) is 14.7 Å². The van der Waals surface area contributed by atoms with E-state index in [1.165, 1.54) is 28.5 Å². The van der Waals surface area contributed by atoms with E-state index in [1.807, 2.05) is 6.07 Å². The molecule has 41 heavy (non-hydrogen) atoms. The van der Waals surface area contributed by atoms with Crippen LogP contribution in [0.2, 0.25) is 0 Å². The Kier molecular flexibility index (Phi) is 9.17. The zero-order valence-corrected chi connectivity index (χ0v) is 24.3. The minimum atomic E-state index is -0.544. The van der Waals surface area contributed by atoms with Crippen molar-refractivity contribution >= 4 is 28.9 Å². The van der Waals surface area contributed by atoms with Gasteiger partial charge in [0.05, 0.1) is 17.8 Å². The summed E-state index contributed by atoms with van der Waals surface area (Å²) in [6.07, 6.45) is 4.69. The predicted molar refractivity (Wildman–Crippen MR) is 164 cm³/mol. The Hall–Kier alpha value is -3.94. The van der Waals surface area contributed by atoms with Crippen LogP contribution in [0.4, 0.5) is 0 Å². The molecule has 0 bridgehead atoms. The molecule has 210 valence electrons. The van der Waals surface area contributed by atoms with Crippen molar-refractivity contribution < 1.29 is 14.3 Å². The van der Waals surface area contributed by atoms with Crippen molar-refractivity contribution in [2.24, 2.45) is 0 Å². The highest BCUT2D eigenvalue weighted by molar-refractivity contribution is 8.14. The Labute approximate surface area is 246 Å². The number of hydrogen-bond acceptors (Lipinski definition) is 6. The average molecular weight is 566 g/mol. The van der Waals surface area contributed by atoms with E-state index in [-0.39, 0.29) is 22.9 Å². The highest BCUT2D eigenvalue weighted by Crippen LogP contribution is 2.45. The van der Waals surface area contributed by atoms with Crippen LogP contribution in [0, 0.1) is 0 Å². The number of carbonyl (C=O) groups excluding carboxylic acids is 2. The molecule has 2 heterocycles. The molecule has 0 radical (unpaired) electrons. The molecule has 4 aromatic rings. The van der Waals surface area contributed by atoms with E-state index in [4.69, 9.17) is 4.74 Å². The highest BCUT2D eigenvalue weighted by Gasteiger charge is 2.44. The molecule has 1 atom stereocenters. The molecule has 7 heteroatoms. The third kappa shape index (κ3) is 6.37. The van der Waals surface area contributed by atoms with Gasteiger partial charge in [-0.1, -0.05) is 103 Å². The predicted octanol–water partition coefficient (Wildman–Crippen LogP) is 6.18. The monoisotopic (exact) mass is 565 g/mol. The lowest BCUT2D eigenvalue weighted by atomic mass is 9.74.